The molecule has 1 aliphatic heterocycles. The molecule has 1 saturated heterocycles. The molecule has 9 heteroatoms. The van der Waals surface area contributed by atoms with E-state index in [0.29, 0.717) is 18.8 Å². The SMILES string of the molecule is Cc1noc(C)c1-c1ccc(S(=O)(=O)NCCN2CCCCC2CO)s1. The van der Waals surface area contributed by atoms with Gasteiger partial charge in [0.1, 0.15) is 9.97 Å². The zero-order valence-electron chi connectivity index (χ0n) is 15.1. The fraction of sp³-hybridized carbons (Fsp3) is 0.588. The van der Waals surface area contributed by atoms with Gasteiger partial charge in [-0.1, -0.05) is 11.6 Å². The van der Waals surface area contributed by atoms with E-state index in [4.69, 9.17) is 4.52 Å². The molecule has 1 fully saturated rings. The van der Waals surface area contributed by atoms with Crippen LogP contribution >= 0.6 is 11.3 Å². The summed E-state index contributed by atoms with van der Waals surface area (Å²) in [6, 6.07) is 3.55. The number of piperidine rings is 1. The second-order valence-corrected chi connectivity index (χ2v) is 9.66. The summed E-state index contributed by atoms with van der Waals surface area (Å²) in [5.74, 6) is 0.682. The Morgan fingerprint density at radius 3 is 2.88 bits per heavy atom. The van der Waals surface area contributed by atoms with Crippen LogP contribution in [-0.4, -0.2) is 55.9 Å². The maximum absolute atomic E-state index is 12.6. The van der Waals surface area contributed by atoms with Crippen LogP contribution in [-0.2, 0) is 10.0 Å². The molecule has 0 amide bonds. The minimum absolute atomic E-state index is 0.123. The van der Waals surface area contributed by atoms with E-state index in [1.54, 1.807) is 12.1 Å². The van der Waals surface area contributed by atoms with Crippen LogP contribution in [0.3, 0.4) is 0 Å². The Kier molecular flexibility index (Phi) is 6.13. The molecule has 1 unspecified atom stereocenters. The second-order valence-electron chi connectivity index (χ2n) is 6.58. The van der Waals surface area contributed by atoms with Crippen molar-refractivity contribution in [2.24, 2.45) is 0 Å². The van der Waals surface area contributed by atoms with Crippen molar-refractivity contribution < 1.29 is 18.0 Å². The van der Waals surface area contributed by atoms with Crippen molar-refractivity contribution in [2.75, 3.05) is 26.2 Å². The summed E-state index contributed by atoms with van der Waals surface area (Å²) in [4.78, 5) is 2.99. The highest BCUT2D eigenvalue weighted by atomic mass is 32.2. The smallest absolute Gasteiger partial charge is 0.250 e. The van der Waals surface area contributed by atoms with E-state index in [9.17, 15) is 13.5 Å². The third-order valence-electron chi connectivity index (χ3n) is 4.78. The number of likely N-dealkylation sites (tertiary alicyclic amines) is 1. The lowest BCUT2D eigenvalue weighted by molar-refractivity contribution is 0.0923. The van der Waals surface area contributed by atoms with Gasteiger partial charge in [0, 0.05) is 24.0 Å². The number of rotatable bonds is 7. The van der Waals surface area contributed by atoms with Crippen molar-refractivity contribution >= 4 is 21.4 Å². The van der Waals surface area contributed by atoms with Crippen molar-refractivity contribution in [3.05, 3.63) is 23.6 Å². The molecule has 0 aromatic carbocycles. The molecule has 0 aliphatic carbocycles. The van der Waals surface area contributed by atoms with Crippen molar-refractivity contribution in [1.29, 1.82) is 0 Å². The van der Waals surface area contributed by atoms with Gasteiger partial charge in [-0.25, -0.2) is 13.1 Å². The Morgan fingerprint density at radius 1 is 1.38 bits per heavy atom. The molecule has 0 bridgehead atoms. The highest BCUT2D eigenvalue weighted by Crippen LogP contribution is 2.34. The summed E-state index contributed by atoms with van der Waals surface area (Å²) < 4.78 is 33.3. The Labute approximate surface area is 158 Å². The lowest BCUT2D eigenvalue weighted by Gasteiger charge is -2.34. The molecule has 2 N–H and O–H groups in total. The van der Waals surface area contributed by atoms with Crippen LogP contribution in [0.1, 0.15) is 30.7 Å². The number of sulfonamides is 1. The first-order valence-electron chi connectivity index (χ1n) is 8.80. The fourth-order valence-corrected chi connectivity index (χ4v) is 5.91. The zero-order chi connectivity index (χ0) is 18.7. The topological polar surface area (TPSA) is 95.7 Å². The fourth-order valence-electron chi connectivity index (χ4n) is 3.39. The third-order valence-corrected chi connectivity index (χ3v) is 7.83. The first-order chi connectivity index (χ1) is 12.4. The predicted octanol–water partition coefficient (Wildman–Crippen LogP) is 2.15. The second kappa shape index (κ2) is 8.18. The first-order valence-corrected chi connectivity index (χ1v) is 11.1. The molecule has 0 saturated carbocycles. The maximum Gasteiger partial charge on any atom is 0.250 e. The molecule has 3 heterocycles. The molecule has 1 aliphatic rings. The maximum atomic E-state index is 12.6. The van der Waals surface area contributed by atoms with Crippen LogP contribution in [0.5, 0.6) is 0 Å². The van der Waals surface area contributed by atoms with Gasteiger partial charge >= 0.3 is 0 Å². The molecule has 26 heavy (non-hydrogen) atoms. The summed E-state index contributed by atoms with van der Waals surface area (Å²) in [5.41, 5.74) is 1.61. The van der Waals surface area contributed by atoms with Crippen LogP contribution in [0.25, 0.3) is 10.4 Å². The first kappa shape index (κ1) is 19.5. The summed E-state index contributed by atoms with van der Waals surface area (Å²) in [7, 11) is -3.55. The highest BCUT2D eigenvalue weighted by molar-refractivity contribution is 7.91. The average Bonchev–Trinajstić information content (AvgIpc) is 3.22. The van der Waals surface area contributed by atoms with Crippen molar-refractivity contribution in [3.63, 3.8) is 0 Å². The number of aliphatic hydroxyl groups is 1. The van der Waals surface area contributed by atoms with Gasteiger partial charge in [-0.2, -0.15) is 0 Å². The van der Waals surface area contributed by atoms with Gasteiger partial charge in [0.2, 0.25) is 10.0 Å². The number of hydrogen-bond acceptors (Lipinski definition) is 7. The molecule has 2 aromatic rings. The molecular weight excluding hydrogens is 374 g/mol. The van der Waals surface area contributed by atoms with Crippen LogP contribution in [0.4, 0.5) is 0 Å². The van der Waals surface area contributed by atoms with Crippen LogP contribution in [0, 0.1) is 13.8 Å². The standard InChI is InChI=1S/C17H25N3O4S2/c1-12-17(13(2)24-19-12)15-6-7-16(25-15)26(22,23)18-8-10-20-9-4-3-5-14(20)11-21/h6-7,14,18,21H,3-5,8-11H2,1-2H3. The molecule has 2 aromatic heterocycles. The molecule has 0 spiro atoms. The molecule has 1 atom stereocenters. The Balaban J connectivity index is 1.64. The van der Waals surface area contributed by atoms with Crippen molar-refractivity contribution in [3.8, 4) is 10.4 Å². The third kappa shape index (κ3) is 4.17. The normalized spacial score (nSPS) is 19.1. The molecule has 3 rings (SSSR count). The molecule has 144 valence electrons. The number of nitrogens with zero attached hydrogens (tertiary/aromatic N) is 2. The van der Waals surface area contributed by atoms with Gasteiger partial charge in [-0.15, -0.1) is 11.3 Å². The predicted molar refractivity (Wildman–Crippen MR) is 101 cm³/mol. The Morgan fingerprint density at radius 2 is 2.19 bits per heavy atom. The highest BCUT2D eigenvalue weighted by Gasteiger charge is 2.23. The van der Waals surface area contributed by atoms with Gasteiger partial charge in [-0.05, 0) is 45.4 Å². The van der Waals surface area contributed by atoms with Gasteiger partial charge in [0.05, 0.1) is 17.9 Å². The van der Waals surface area contributed by atoms with E-state index in [1.807, 2.05) is 13.8 Å². The quantitative estimate of drug-likeness (QED) is 0.741. The summed E-state index contributed by atoms with van der Waals surface area (Å²) in [6.45, 7) is 5.62. The molecule has 7 nitrogen and oxygen atoms in total. The van der Waals surface area contributed by atoms with Crippen LogP contribution < -0.4 is 4.72 Å². The van der Waals surface area contributed by atoms with Crippen molar-refractivity contribution in [2.45, 2.75) is 43.4 Å². The number of aromatic nitrogens is 1. The van der Waals surface area contributed by atoms with Crippen molar-refractivity contribution in [1.82, 2.24) is 14.8 Å². The molecular formula is C17H25N3O4S2. The average molecular weight is 400 g/mol. The largest absolute Gasteiger partial charge is 0.395 e. The summed E-state index contributed by atoms with van der Waals surface area (Å²) in [6.07, 6.45) is 3.18. The van der Waals surface area contributed by atoms with Gasteiger partial charge < -0.3 is 9.63 Å². The minimum atomic E-state index is -3.55. The number of thiophene rings is 1. The van der Waals surface area contributed by atoms with E-state index < -0.39 is 10.0 Å². The summed E-state index contributed by atoms with van der Waals surface area (Å²) >= 11 is 1.21. The molecule has 0 radical (unpaired) electrons. The van der Waals surface area contributed by atoms with E-state index in [2.05, 4.69) is 14.8 Å². The lowest BCUT2D eigenvalue weighted by atomic mass is 10.0. The number of aliphatic hydroxyl groups excluding tert-OH is 1. The van der Waals surface area contributed by atoms with Gasteiger partial charge in [0.15, 0.2) is 0 Å². The van der Waals surface area contributed by atoms with Crippen LogP contribution in [0.15, 0.2) is 20.9 Å². The van der Waals surface area contributed by atoms with E-state index in [1.165, 1.54) is 11.3 Å². The Hall–Kier alpha value is -1.26. The van der Waals surface area contributed by atoms with Gasteiger partial charge in [-0.3, -0.25) is 4.90 Å². The Bertz CT molecular complexity index is 825. The van der Waals surface area contributed by atoms with Gasteiger partial charge in [0.25, 0.3) is 0 Å². The number of hydrogen-bond donors (Lipinski definition) is 2. The lowest BCUT2D eigenvalue weighted by Crippen LogP contribution is -2.45. The minimum Gasteiger partial charge on any atom is -0.395 e. The summed E-state index contributed by atoms with van der Waals surface area (Å²) in [5, 5.41) is 13.4. The monoisotopic (exact) mass is 399 g/mol. The zero-order valence-corrected chi connectivity index (χ0v) is 16.7. The van der Waals surface area contributed by atoms with E-state index in [0.717, 1.165) is 41.9 Å². The van der Waals surface area contributed by atoms with Crippen LogP contribution in [0.2, 0.25) is 0 Å². The van der Waals surface area contributed by atoms with E-state index >= 15 is 0 Å². The number of nitrogens with one attached hydrogen (secondary N) is 1. The number of aryl methyl sites for hydroxylation is 2. The van der Waals surface area contributed by atoms with E-state index in [-0.39, 0.29) is 16.9 Å².